The first kappa shape index (κ1) is 21.6. The molecule has 0 aliphatic heterocycles. The standard InChI is InChI=1S/C26H24N2O3S/c1-30-23-13-10-19(14-24(23)31-2)15-25(29)27-16-18-8-11-21(12-9-18)26-28-22(17-32-26)20-6-4-3-5-7-20/h3-14,17H,15-16H2,1-2H3,(H,27,29). The van der Waals surface area contributed by atoms with Crippen molar-refractivity contribution < 1.29 is 14.3 Å². The number of nitrogens with zero attached hydrogens (tertiary/aromatic N) is 1. The fourth-order valence-corrected chi connectivity index (χ4v) is 4.19. The van der Waals surface area contributed by atoms with E-state index in [1.54, 1.807) is 25.6 Å². The number of carbonyl (C=O) groups is 1. The van der Waals surface area contributed by atoms with E-state index in [1.807, 2.05) is 60.7 Å². The number of carbonyl (C=O) groups excluding carboxylic acids is 1. The van der Waals surface area contributed by atoms with Crippen LogP contribution in [0.5, 0.6) is 11.5 Å². The van der Waals surface area contributed by atoms with Gasteiger partial charge in [-0.2, -0.15) is 0 Å². The highest BCUT2D eigenvalue weighted by atomic mass is 32.1. The van der Waals surface area contributed by atoms with Gasteiger partial charge >= 0.3 is 0 Å². The van der Waals surface area contributed by atoms with Gasteiger partial charge in [0.05, 0.1) is 26.3 Å². The SMILES string of the molecule is COc1ccc(CC(=O)NCc2ccc(-c3nc(-c4ccccc4)cs3)cc2)cc1OC. The van der Waals surface area contributed by atoms with Crippen LogP contribution >= 0.6 is 11.3 Å². The van der Waals surface area contributed by atoms with Crippen LogP contribution in [-0.4, -0.2) is 25.1 Å². The third kappa shape index (κ3) is 5.15. The Labute approximate surface area is 191 Å². The second-order valence-electron chi connectivity index (χ2n) is 7.24. The first-order valence-corrected chi connectivity index (χ1v) is 11.1. The van der Waals surface area contributed by atoms with Crippen molar-refractivity contribution in [3.63, 3.8) is 0 Å². The Bertz CT molecular complexity index is 1190. The van der Waals surface area contributed by atoms with Gasteiger partial charge < -0.3 is 14.8 Å². The number of amides is 1. The Hall–Kier alpha value is -3.64. The van der Waals surface area contributed by atoms with Crippen LogP contribution in [0.3, 0.4) is 0 Å². The van der Waals surface area contributed by atoms with Gasteiger partial charge in [0.15, 0.2) is 11.5 Å². The molecule has 1 N–H and O–H groups in total. The lowest BCUT2D eigenvalue weighted by molar-refractivity contribution is -0.120. The Morgan fingerprint density at radius 1 is 0.875 bits per heavy atom. The molecule has 0 atom stereocenters. The minimum Gasteiger partial charge on any atom is -0.493 e. The van der Waals surface area contributed by atoms with Crippen molar-refractivity contribution in [3.8, 4) is 33.3 Å². The fraction of sp³-hybridized carbons (Fsp3) is 0.154. The molecule has 3 aromatic carbocycles. The molecule has 0 radical (unpaired) electrons. The molecule has 0 saturated carbocycles. The summed E-state index contributed by atoms with van der Waals surface area (Å²) in [4.78, 5) is 17.1. The number of hydrogen-bond donors (Lipinski definition) is 1. The average Bonchev–Trinajstić information content (AvgIpc) is 3.34. The quantitative estimate of drug-likeness (QED) is 0.398. The molecule has 0 aliphatic carbocycles. The number of methoxy groups -OCH3 is 2. The van der Waals surface area contributed by atoms with Gasteiger partial charge in [0.1, 0.15) is 5.01 Å². The molecule has 4 aromatic rings. The van der Waals surface area contributed by atoms with Crippen LogP contribution in [-0.2, 0) is 17.8 Å². The third-order valence-corrected chi connectivity index (χ3v) is 5.97. The lowest BCUT2D eigenvalue weighted by Gasteiger charge is -2.10. The van der Waals surface area contributed by atoms with E-state index in [9.17, 15) is 4.79 Å². The zero-order chi connectivity index (χ0) is 22.3. The molecule has 0 saturated heterocycles. The molecule has 5 nitrogen and oxygen atoms in total. The highest BCUT2D eigenvalue weighted by molar-refractivity contribution is 7.13. The van der Waals surface area contributed by atoms with Crippen molar-refractivity contribution >= 4 is 17.2 Å². The zero-order valence-electron chi connectivity index (χ0n) is 18.0. The Morgan fingerprint density at radius 2 is 1.59 bits per heavy atom. The van der Waals surface area contributed by atoms with E-state index in [2.05, 4.69) is 22.8 Å². The Kier molecular flexibility index (Phi) is 6.82. The number of aromatic nitrogens is 1. The molecule has 0 fully saturated rings. The monoisotopic (exact) mass is 444 g/mol. The summed E-state index contributed by atoms with van der Waals surface area (Å²) in [5.41, 5.74) is 5.07. The number of rotatable bonds is 8. The van der Waals surface area contributed by atoms with Crippen LogP contribution in [0.25, 0.3) is 21.8 Å². The Morgan fingerprint density at radius 3 is 2.31 bits per heavy atom. The van der Waals surface area contributed by atoms with E-state index < -0.39 is 0 Å². The Balaban J connectivity index is 1.34. The van der Waals surface area contributed by atoms with E-state index in [0.717, 1.165) is 33.0 Å². The van der Waals surface area contributed by atoms with Gasteiger partial charge in [-0.15, -0.1) is 11.3 Å². The van der Waals surface area contributed by atoms with Crippen LogP contribution in [0.1, 0.15) is 11.1 Å². The van der Waals surface area contributed by atoms with Crippen molar-refractivity contribution in [3.05, 3.63) is 89.3 Å². The van der Waals surface area contributed by atoms with Crippen LogP contribution in [0.2, 0.25) is 0 Å². The molecule has 32 heavy (non-hydrogen) atoms. The maximum atomic E-state index is 12.4. The summed E-state index contributed by atoms with van der Waals surface area (Å²) in [5, 5.41) is 6.03. The first-order valence-electron chi connectivity index (χ1n) is 10.2. The predicted octanol–water partition coefficient (Wildman–Crippen LogP) is 5.35. The van der Waals surface area contributed by atoms with Gasteiger partial charge in [-0.05, 0) is 23.3 Å². The second kappa shape index (κ2) is 10.1. The van der Waals surface area contributed by atoms with Crippen molar-refractivity contribution in [2.24, 2.45) is 0 Å². The summed E-state index contributed by atoms with van der Waals surface area (Å²) < 4.78 is 10.5. The van der Waals surface area contributed by atoms with E-state index in [-0.39, 0.29) is 12.3 Å². The molecular formula is C26H24N2O3S. The number of benzene rings is 3. The summed E-state index contributed by atoms with van der Waals surface area (Å²) in [7, 11) is 3.17. The smallest absolute Gasteiger partial charge is 0.224 e. The molecule has 6 heteroatoms. The molecule has 0 unspecified atom stereocenters. The summed E-state index contributed by atoms with van der Waals surface area (Å²) in [6.07, 6.45) is 0.278. The number of nitrogens with one attached hydrogen (secondary N) is 1. The molecule has 4 rings (SSSR count). The van der Waals surface area contributed by atoms with Crippen LogP contribution < -0.4 is 14.8 Å². The molecule has 1 amide bonds. The van der Waals surface area contributed by atoms with Crippen molar-refractivity contribution in [2.75, 3.05) is 14.2 Å². The zero-order valence-corrected chi connectivity index (χ0v) is 18.8. The lowest BCUT2D eigenvalue weighted by Crippen LogP contribution is -2.24. The molecule has 1 aromatic heterocycles. The van der Waals surface area contributed by atoms with Crippen molar-refractivity contribution in [1.82, 2.24) is 10.3 Å². The van der Waals surface area contributed by atoms with Gasteiger partial charge in [-0.3, -0.25) is 4.79 Å². The van der Waals surface area contributed by atoms with Gasteiger partial charge in [0.25, 0.3) is 0 Å². The highest BCUT2D eigenvalue weighted by Crippen LogP contribution is 2.29. The minimum absolute atomic E-state index is 0.0475. The molecule has 162 valence electrons. The van der Waals surface area contributed by atoms with Gasteiger partial charge in [0, 0.05) is 23.1 Å². The van der Waals surface area contributed by atoms with Crippen LogP contribution in [0.15, 0.2) is 78.2 Å². The first-order chi connectivity index (χ1) is 15.7. The number of ether oxygens (including phenoxy) is 2. The molecule has 1 heterocycles. The molecule has 0 aliphatic rings. The van der Waals surface area contributed by atoms with Gasteiger partial charge in [0.2, 0.25) is 5.91 Å². The maximum Gasteiger partial charge on any atom is 0.224 e. The molecule has 0 spiro atoms. The maximum absolute atomic E-state index is 12.4. The van der Waals surface area contributed by atoms with Crippen molar-refractivity contribution in [1.29, 1.82) is 0 Å². The van der Waals surface area contributed by atoms with Crippen LogP contribution in [0, 0.1) is 0 Å². The summed E-state index contributed by atoms with van der Waals surface area (Å²) in [6, 6.07) is 23.8. The summed E-state index contributed by atoms with van der Waals surface area (Å²) in [5.74, 6) is 1.22. The van der Waals surface area contributed by atoms with Crippen LogP contribution in [0.4, 0.5) is 0 Å². The van der Waals surface area contributed by atoms with E-state index in [1.165, 1.54) is 0 Å². The highest BCUT2D eigenvalue weighted by Gasteiger charge is 2.09. The normalized spacial score (nSPS) is 10.6. The molecule has 0 bridgehead atoms. The largest absolute Gasteiger partial charge is 0.493 e. The second-order valence-corrected chi connectivity index (χ2v) is 8.10. The number of hydrogen-bond acceptors (Lipinski definition) is 5. The van der Waals surface area contributed by atoms with E-state index >= 15 is 0 Å². The van der Waals surface area contributed by atoms with Crippen molar-refractivity contribution in [2.45, 2.75) is 13.0 Å². The number of thiazole rings is 1. The fourth-order valence-electron chi connectivity index (χ4n) is 3.35. The van der Waals surface area contributed by atoms with E-state index in [0.29, 0.717) is 18.0 Å². The summed E-state index contributed by atoms with van der Waals surface area (Å²) in [6.45, 7) is 0.472. The average molecular weight is 445 g/mol. The third-order valence-electron chi connectivity index (χ3n) is 5.08. The predicted molar refractivity (Wildman–Crippen MR) is 128 cm³/mol. The molecular weight excluding hydrogens is 420 g/mol. The topological polar surface area (TPSA) is 60.5 Å². The summed E-state index contributed by atoms with van der Waals surface area (Å²) >= 11 is 1.63. The van der Waals surface area contributed by atoms with Gasteiger partial charge in [-0.1, -0.05) is 60.7 Å². The lowest BCUT2D eigenvalue weighted by atomic mass is 10.1. The van der Waals surface area contributed by atoms with E-state index in [4.69, 9.17) is 14.5 Å². The van der Waals surface area contributed by atoms with Gasteiger partial charge in [-0.25, -0.2) is 4.98 Å². The minimum atomic E-state index is -0.0475.